The molecule has 0 aromatic carbocycles. The molecule has 112 valence electrons. The summed E-state index contributed by atoms with van der Waals surface area (Å²) in [5.41, 5.74) is 0. The van der Waals surface area contributed by atoms with Gasteiger partial charge < -0.3 is 9.47 Å². The number of esters is 1. The van der Waals surface area contributed by atoms with Crippen LogP contribution in [0.15, 0.2) is 0 Å². The fourth-order valence-electron chi connectivity index (χ4n) is 2.86. The smallest absolute Gasteiger partial charge is 0.354 e. The van der Waals surface area contributed by atoms with Crippen LogP contribution in [0, 0.1) is 23.7 Å². The van der Waals surface area contributed by atoms with Crippen molar-refractivity contribution in [2.75, 3.05) is 7.11 Å². The first-order chi connectivity index (χ1) is 8.76. The molecule has 6 atom stereocenters. The third kappa shape index (κ3) is 3.43. The highest BCUT2D eigenvalue weighted by molar-refractivity contribution is 6.32. The Balaban J connectivity index is 2.94. The minimum absolute atomic E-state index is 0.00435. The first-order valence-corrected chi connectivity index (χ1v) is 7.59. The van der Waals surface area contributed by atoms with Crippen LogP contribution in [-0.4, -0.2) is 24.2 Å². The number of carbonyl (C=O) groups excluding carboxylic acids is 1. The molecule has 0 aromatic rings. The molecule has 1 rings (SSSR count). The van der Waals surface area contributed by atoms with E-state index in [9.17, 15) is 4.79 Å². The highest BCUT2D eigenvalue weighted by Crippen LogP contribution is 2.43. The van der Waals surface area contributed by atoms with Gasteiger partial charge in [-0.1, -0.05) is 52.6 Å². The Labute approximate surface area is 122 Å². The molecule has 1 fully saturated rings. The van der Waals surface area contributed by atoms with E-state index in [1.165, 1.54) is 7.11 Å². The van der Waals surface area contributed by atoms with E-state index in [0.717, 1.165) is 6.42 Å². The third-order valence-electron chi connectivity index (χ3n) is 4.87. The lowest BCUT2D eigenvalue weighted by Gasteiger charge is -2.45. The van der Waals surface area contributed by atoms with Gasteiger partial charge >= 0.3 is 5.97 Å². The summed E-state index contributed by atoms with van der Waals surface area (Å²) >= 11 is 6.38. The molecule has 4 heteroatoms. The molecule has 0 bridgehead atoms. The molecule has 0 amide bonds. The van der Waals surface area contributed by atoms with Gasteiger partial charge in [0.2, 0.25) is 5.06 Å². The van der Waals surface area contributed by atoms with Gasteiger partial charge in [-0.3, -0.25) is 0 Å². The Morgan fingerprint density at radius 1 is 1.47 bits per heavy atom. The lowest BCUT2D eigenvalue weighted by Crippen LogP contribution is -2.52. The van der Waals surface area contributed by atoms with Crippen LogP contribution in [0.5, 0.6) is 0 Å². The zero-order valence-electron chi connectivity index (χ0n) is 12.9. The van der Waals surface area contributed by atoms with Crippen LogP contribution in [0.4, 0.5) is 0 Å². The molecule has 1 aliphatic rings. The Hall–Kier alpha value is -0.280. The number of rotatable bonds is 4. The van der Waals surface area contributed by atoms with Crippen LogP contribution in [0.1, 0.15) is 47.5 Å². The lowest BCUT2D eigenvalue weighted by molar-refractivity contribution is -0.189. The fourth-order valence-corrected chi connectivity index (χ4v) is 3.28. The van der Waals surface area contributed by atoms with Crippen molar-refractivity contribution in [2.45, 2.75) is 58.6 Å². The van der Waals surface area contributed by atoms with Crippen molar-refractivity contribution in [3.05, 3.63) is 0 Å². The molecule has 19 heavy (non-hydrogen) atoms. The van der Waals surface area contributed by atoms with E-state index >= 15 is 0 Å². The summed E-state index contributed by atoms with van der Waals surface area (Å²) in [6.45, 7) is 10.9. The number of hydrogen-bond acceptors (Lipinski definition) is 3. The SMILES string of the molecule is CC[C@@H](C)[C@@H](C)C1OC(Cl)(C(=O)OC)CC(C)C1C. The predicted octanol–water partition coefficient (Wildman–Crippen LogP) is 3.84. The summed E-state index contributed by atoms with van der Waals surface area (Å²) in [6, 6.07) is 0. The molecule has 0 saturated carbocycles. The van der Waals surface area contributed by atoms with Crippen LogP contribution in [0.3, 0.4) is 0 Å². The summed E-state index contributed by atoms with van der Waals surface area (Å²) in [5.74, 6) is 1.15. The second-order valence-electron chi connectivity index (χ2n) is 6.09. The number of alkyl halides is 1. The molecule has 0 aromatic heterocycles. The number of halogens is 1. The lowest BCUT2D eigenvalue weighted by atomic mass is 9.75. The van der Waals surface area contributed by atoms with Crippen molar-refractivity contribution in [1.82, 2.24) is 0 Å². The zero-order valence-corrected chi connectivity index (χ0v) is 13.7. The van der Waals surface area contributed by atoms with Gasteiger partial charge in [-0.2, -0.15) is 0 Å². The number of carbonyl (C=O) groups is 1. The van der Waals surface area contributed by atoms with Gasteiger partial charge in [0.25, 0.3) is 0 Å². The van der Waals surface area contributed by atoms with Crippen LogP contribution < -0.4 is 0 Å². The third-order valence-corrected chi connectivity index (χ3v) is 5.27. The normalized spacial score (nSPS) is 38.6. The molecular weight excluding hydrogens is 264 g/mol. The van der Waals surface area contributed by atoms with Crippen molar-refractivity contribution < 1.29 is 14.3 Å². The van der Waals surface area contributed by atoms with Crippen LogP contribution in [0.25, 0.3) is 0 Å². The number of hydrogen-bond donors (Lipinski definition) is 0. The largest absolute Gasteiger partial charge is 0.466 e. The molecule has 0 radical (unpaired) electrons. The minimum atomic E-state index is -1.31. The van der Waals surface area contributed by atoms with Crippen LogP contribution >= 0.6 is 11.6 Å². The maximum absolute atomic E-state index is 11.9. The summed E-state index contributed by atoms with van der Waals surface area (Å²) in [4.78, 5) is 11.9. The molecule has 4 unspecified atom stereocenters. The van der Waals surface area contributed by atoms with E-state index < -0.39 is 11.0 Å². The maximum Gasteiger partial charge on any atom is 0.354 e. The monoisotopic (exact) mass is 290 g/mol. The highest BCUT2D eigenvalue weighted by Gasteiger charge is 2.50. The molecule has 1 saturated heterocycles. The summed E-state index contributed by atoms with van der Waals surface area (Å²) in [6.07, 6.45) is 1.59. The van der Waals surface area contributed by atoms with Gasteiger partial charge in [0, 0.05) is 6.42 Å². The molecular formula is C15H27ClO3. The first kappa shape index (κ1) is 16.8. The standard InChI is InChI=1S/C15H27ClO3/c1-7-9(2)11(4)13-12(5)10(3)8-15(16,19-13)14(17)18-6/h9-13H,7-8H2,1-6H3/t9-,10?,11-,12?,13?,15?/m1/s1. The molecule has 3 nitrogen and oxygen atoms in total. The van der Waals surface area contributed by atoms with Gasteiger partial charge in [0.1, 0.15) is 0 Å². The van der Waals surface area contributed by atoms with Crippen molar-refractivity contribution >= 4 is 17.6 Å². The zero-order chi connectivity index (χ0) is 14.8. The fraction of sp³-hybridized carbons (Fsp3) is 0.933. The van der Waals surface area contributed by atoms with Crippen LogP contribution in [0.2, 0.25) is 0 Å². The Kier molecular flexibility index (Phi) is 5.69. The van der Waals surface area contributed by atoms with E-state index in [1.54, 1.807) is 0 Å². The van der Waals surface area contributed by atoms with Gasteiger partial charge in [-0.25, -0.2) is 4.79 Å². The first-order valence-electron chi connectivity index (χ1n) is 7.22. The van der Waals surface area contributed by atoms with E-state index in [0.29, 0.717) is 30.1 Å². The van der Waals surface area contributed by atoms with E-state index in [-0.39, 0.29) is 6.10 Å². The van der Waals surface area contributed by atoms with Gasteiger partial charge in [0.05, 0.1) is 13.2 Å². The molecule has 1 aliphatic heterocycles. The topological polar surface area (TPSA) is 35.5 Å². The number of methoxy groups -OCH3 is 1. The Morgan fingerprint density at radius 2 is 2.05 bits per heavy atom. The van der Waals surface area contributed by atoms with Crippen molar-refractivity contribution in [2.24, 2.45) is 23.7 Å². The molecule has 0 spiro atoms. The summed E-state index contributed by atoms with van der Waals surface area (Å²) in [7, 11) is 1.35. The number of ether oxygens (including phenoxy) is 2. The summed E-state index contributed by atoms with van der Waals surface area (Å²) < 4.78 is 10.8. The van der Waals surface area contributed by atoms with E-state index in [1.807, 2.05) is 0 Å². The predicted molar refractivity (Wildman–Crippen MR) is 77.0 cm³/mol. The summed E-state index contributed by atoms with van der Waals surface area (Å²) in [5, 5.41) is -1.31. The molecule has 1 heterocycles. The van der Waals surface area contributed by atoms with Crippen molar-refractivity contribution in [3.8, 4) is 0 Å². The van der Waals surface area contributed by atoms with Crippen LogP contribution in [-0.2, 0) is 14.3 Å². The van der Waals surface area contributed by atoms with E-state index in [2.05, 4.69) is 34.6 Å². The van der Waals surface area contributed by atoms with Crippen molar-refractivity contribution in [3.63, 3.8) is 0 Å². The quantitative estimate of drug-likeness (QED) is 0.583. The van der Waals surface area contributed by atoms with E-state index in [4.69, 9.17) is 21.1 Å². The Bertz CT molecular complexity index is 321. The highest BCUT2D eigenvalue weighted by atomic mass is 35.5. The average molecular weight is 291 g/mol. The second kappa shape index (κ2) is 6.45. The Morgan fingerprint density at radius 3 is 2.53 bits per heavy atom. The molecule has 0 N–H and O–H groups in total. The van der Waals surface area contributed by atoms with Gasteiger partial charge in [-0.15, -0.1) is 0 Å². The molecule has 0 aliphatic carbocycles. The average Bonchev–Trinajstić information content (AvgIpc) is 2.40. The second-order valence-corrected chi connectivity index (χ2v) is 6.70. The van der Waals surface area contributed by atoms with Gasteiger partial charge in [-0.05, 0) is 23.7 Å². The van der Waals surface area contributed by atoms with Crippen molar-refractivity contribution in [1.29, 1.82) is 0 Å². The maximum atomic E-state index is 11.9. The minimum Gasteiger partial charge on any atom is -0.466 e. The van der Waals surface area contributed by atoms with Gasteiger partial charge in [0.15, 0.2) is 0 Å².